The van der Waals surface area contributed by atoms with Crippen LogP contribution in [-0.2, 0) is 0 Å². The van der Waals surface area contributed by atoms with Crippen LogP contribution in [0.2, 0.25) is 5.02 Å². The van der Waals surface area contributed by atoms with Gasteiger partial charge in [0.05, 0.1) is 30.9 Å². The number of aromatic nitrogens is 1. The predicted molar refractivity (Wildman–Crippen MR) is 92.2 cm³/mol. The molecule has 0 saturated carbocycles. The second kappa shape index (κ2) is 7.06. The van der Waals surface area contributed by atoms with E-state index in [1.807, 2.05) is 0 Å². The van der Waals surface area contributed by atoms with Gasteiger partial charge in [-0.05, 0) is 42.5 Å². The molecule has 122 valence electrons. The summed E-state index contributed by atoms with van der Waals surface area (Å²) in [5.41, 5.74) is 1.25. The highest BCUT2D eigenvalue weighted by molar-refractivity contribution is 6.31. The fourth-order valence-corrected chi connectivity index (χ4v) is 2.23. The monoisotopic (exact) mass is 343 g/mol. The molecule has 0 unspecified atom stereocenters. The van der Waals surface area contributed by atoms with E-state index < -0.39 is 0 Å². The van der Waals surface area contributed by atoms with Crippen molar-refractivity contribution in [2.45, 2.75) is 0 Å². The molecule has 0 spiro atoms. The lowest BCUT2D eigenvalue weighted by atomic mass is 10.3. The molecule has 0 aliphatic rings. The lowest BCUT2D eigenvalue weighted by molar-refractivity contribution is 0.0996. The molecule has 0 saturated heterocycles. The van der Waals surface area contributed by atoms with Gasteiger partial charge in [0.1, 0.15) is 11.6 Å². The number of rotatable bonds is 5. The smallest absolute Gasteiger partial charge is 0.291 e. The van der Waals surface area contributed by atoms with Gasteiger partial charge in [0.25, 0.3) is 5.91 Å². The molecular weight excluding hydrogens is 330 g/mol. The number of nitrogens with one attached hydrogen (secondary N) is 2. The first-order chi connectivity index (χ1) is 11.7. The van der Waals surface area contributed by atoms with Crippen LogP contribution in [0.5, 0.6) is 5.75 Å². The Morgan fingerprint density at radius 3 is 2.79 bits per heavy atom. The SMILES string of the molecule is COc1ccc(Cl)cc1Nc1ccc(NC(=O)c2ccco2)cn1. The number of nitrogens with zero attached hydrogens (tertiary/aromatic N) is 1. The largest absolute Gasteiger partial charge is 0.495 e. The third-order valence-corrected chi connectivity index (χ3v) is 3.43. The molecule has 2 heterocycles. The molecule has 1 aromatic carbocycles. The first-order valence-corrected chi connectivity index (χ1v) is 7.45. The van der Waals surface area contributed by atoms with Crippen molar-refractivity contribution in [3.63, 3.8) is 0 Å². The number of halogens is 1. The number of furan rings is 1. The topological polar surface area (TPSA) is 76.4 Å². The molecule has 7 heteroatoms. The van der Waals surface area contributed by atoms with Crippen molar-refractivity contribution in [3.05, 3.63) is 65.7 Å². The number of carbonyl (C=O) groups is 1. The van der Waals surface area contributed by atoms with Crippen molar-refractivity contribution in [2.75, 3.05) is 17.7 Å². The predicted octanol–water partition coefficient (Wildman–Crippen LogP) is 4.33. The van der Waals surface area contributed by atoms with E-state index in [1.54, 1.807) is 55.8 Å². The summed E-state index contributed by atoms with van der Waals surface area (Å²) in [6.07, 6.45) is 2.98. The highest BCUT2D eigenvalue weighted by Gasteiger charge is 2.09. The number of hydrogen-bond acceptors (Lipinski definition) is 5. The Hall–Kier alpha value is -2.99. The lowest BCUT2D eigenvalue weighted by Gasteiger charge is -2.11. The van der Waals surface area contributed by atoms with Crippen molar-refractivity contribution >= 4 is 34.7 Å². The van der Waals surface area contributed by atoms with E-state index in [4.69, 9.17) is 20.8 Å². The minimum absolute atomic E-state index is 0.237. The van der Waals surface area contributed by atoms with Gasteiger partial charge in [-0.2, -0.15) is 0 Å². The van der Waals surface area contributed by atoms with Gasteiger partial charge in [-0.15, -0.1) is 0 Å². The Morgan fingerprint density at radius 1 is 1.25 bits per heavy atom. The highest BCUT2D eigenvalue weighted by atomic mass is 35.5. The van der Waals surface area contributed by atoms with E-state index in [0.717, 1.165) is 0 Å². The zero-order valence-electron chi connectivity index (χ0n) is 12.7. The molecule has 0 aliphatic heterocycles. The quantitative estimate of drug-likeness (QED) is 0.721. The third kappa shape index (κ3) is 3.67. The van der Waals surface area contributed by atoms with Crippen LogP contribution >= 0.6 is 11.6 Å². The summed E-state index contributed by atoms with van der Waals surface area (Å²) in [7, 11) is 1.58. The maximum absolute atomic E-state index is 11.9. The standard InChI is InChI=1S/C17H14ClN3O3/c1-23-14-6-4-11(18)9-13(14)21-16-7-5-12(10-19-16)20-17(22)15-3-2-8-24-15/h2-10H,1H3,(H,19,21)(H,20,22). The molecule has 3 rings (SSSR count). The first-order valence-electron chi connectivity index (χ1n) is 7.07. The van der Waals surface area contributed by atoms with Gasteiger partial charge in [0, 0.05) is 5.02 Å². The number of amides is 1. The van der Waals surface area contributed by atoms with E-state index in [9.17, 15) is 4.79 Å². The minimum Gasteiger partial charge on any atom is -0.495 e. The Kier molecular flexibility index (Phi) is 4.67. The van der Waals surface area contributed by atoms with Crippen LogP contribution < -0.4 is 15.4 Å². The maximum Gasteiger partial charge on any atom is 0.291 e. The molecule has 2 aromatic heterocycles. The highest BCUT2D eigenvalue weighted by Crippen LogP contribution is 2.30. The Bertz CT molecular complexity index is 833. The van der Waals surface area contributed by atoms with Gasteiger partial charge in [0.15, 0.2) is 5.76 Å². The van der Waals surface area contributed by atoms with Gasteiger partial charge in [-0.25, -0.2) is 4.98 Å². The summed E-state index contributed by atoms with van der Waals surface area (Å²) in [5, 5.41) is 6.40. The van der Waals surface area contributed by atoms with Crippen molar-refractivity contribution in [1.82, 2.24) is 4.98 Å². The van der Waals surface area contributed by atoms with E-state index in [1.165, 1.54) is 6.26 Å². The Balaban J connectivity index is 1.71. The van der Waals surface area contributed by atoms with Gasteiger partial charge in [-0.3, -0.25) is 4.79 Å². The number of pyridine rings is 1. The maximum atomic E-state index is 11.9. The molecule has 2 N–H and O–H groups in total. The second-order valence-corrected chi connectivity index (χ2v) is 5.27. The van der Waals surface area contributed by atoms with Gasteiger partial charge in [0.2, 0.25) is 0 Å². The van der Waals surface area contributed by atoms with Crippen LogP contribution in [0.4, 0.5) is 17.2 Å². The van der Waals surface area contributed by atoms with Crippen LogP contribution in [0.3, 0.4) is 0 Å². The van der Waals surface area contributed by atoms with E-state index >= 15 is 0 Å². The summed E-state index contributed by atoms with van der Waals surface area (Å²) in [4.78, 5) is 16.2. The Morgan fingerprint density at radius 2 is 2.12 bits per heavy atom. The first kappa shape index (κ1) is 15.9. The summed E-state index contributed by atoms with van der Waals surface area (Å²) in [6.45, 7) is 0. The number of benzene rings is 1. The van der Waals surface area contributed by atoms with Crippen molar-refractivity contribution in [1.29, 1.82) is 0 Å². The molecule has 1 amide bonds. The second-order valence-electron chi connectivity index (χ2n) is 4.83. The number of anilines is 3. The third-order valence-electron chi connectivity index (χ3n) is 3.19. The Labute approximate surface area is 143 Å². The van der Waals surface area contributed by atoms with Crippen molar-refractivity contribution in [3.8, 4) is 5.75 Å². The molecule has 0 atom stereocenters. The number of ether oxygens (including phenoxy) is 1. The summed E-state index contributed by atoms with van der Waals surface area (Å²) in [6, 6.07) is 12.0. The average Bonchev–Trinajstić information content (AvgIpc) is 3.11. The fourth-order valence-electron chi connectivity index (χ4n) is 2.06. The number of carbonyl (C=O) groups excluding carboxylic acids is 1. The van der Waals surface area contributed by atoms with E-state index in [-0.39, 0.29) is 11.7 Å². The van der Waals surface area contributed by atoms with Crippen LogP contribution in [-0.4, -0.2) is 18.0 Å². The molecule has 6 nitrogen and oxygen atoms in total. The molecule has 24 heavy (non-hydrogen) atoms. The van der Waals surface area contributed by atoms with Gasteiger partial charge in [-0.1, -0.05) is 11.6 Å². The molecule has 0 aliphatic carbocycles. The molecule has 0 radical (unpaired) electrons. The van der Waals surface area contributed by atoms with Gasteiger partial charge >= 0.3 is 0 Å². The van der Waals surface area contributed by atoms with E-state index in [2.05, 4.69) is 15.6 Å². The van der Waals surface area contributed by atoms with Crippen LogP contribution in [0, 0.1) is 0 Å². The normalized spacial score (nSPS) is 10.2. The summed E-state index contributed by atoms with van der Waals surface area (Å²) < 4.78 is 10.3. The molecular formula is C17H14ClN3O3. The van der Waals surface area contributed by atoms with Gasteiger partial charge < -0.3 is 19.8 Å². The van der Waals surface area contributed by atoms with Crippen LogP contribution in [0.25, 0.3) is 0 Å². The summed E-state index contributed by atoms with van der Waals surface area (Å²) >= 11 is 6.00. The zero-order valence-corrected chi connectivity index (χ0v) is 13.5. The minimum atomic E-state index is -0.334. The van der Waals surface area contributed by atoms with Crippen molar-refractivity contribution < 1.29 is 13.9 Å². The summed E-state index contributed by atoms with van der Waals surface area (Å²) in [5.74, 6) is 1.14. The van der Waals surface area contributed by atoms with Crippen molar-refractivity contribution in [2.24, 2.45) is 0 Å². The number of methoxy groups -OCH3 is 1. The number of hydrogen-bond donors (Lipinski definition) is 2. The average molecular weight is 344 g/mol. The van der Waals surface area contributed by atoms with E-state index in [0.29, 0.717) is 28.0 Å². The molecule has 0 fully saturated rings. The zero-order chi connectivity index (χ0) is 16.9. The van der Waals surface area contributed by atoms with Crippen LogP contribution in [0.1, 0.15) is 10.6 Å². The molecule has 0 bridgehead atoms. The van der Waals surface area contributed by atoms with Crippen LogP contribution in [0.15, 0.2) is 59.3 Å². The lowest BCUT2D eigenvalue weighted by Crippen LogP contribution is -2.11. The molecule has 3 aromatic rings. The fraction of sp³-hybridized carbons (Fsp3) is 0.0588.